The van der Waals surface area contributed by atoms with Gasteiger partial charge in [-0.15, -0.1) is 0 Å². The number of esters is 2. The number of anilines is 2. The van der Waals surface area contributed by atoms with Gasteiger partial charge in [0, 0.05) is 24.5 Å². The third-order valence-electron chi connectivity index (χ3n) is 7.52. The molecule has 0 fully saturated rings. The molecule has 2 aromatic carbocycles. The first-order chi connectivity index (χ1) is 26.6. The van der Waals surface area contributed by atoms with Crippen LogP contribution >= 0.6 is 0 Å². The zero-order valence-electron chi connectivity index (χ0n) is 30.2. The summed E-state index contributed by atoms with van der Waals surface area (Å²) in [5, 5.41) is 7.91. The first-order valence-electron chi connectivity index (χ1n) is 16.1. The third-order valence-corrected chi connectivity index (χ3v) is 7.52. The molecule has 0 saturated carbocycles. The number of amides is 3. The minimum atomic E-state index is -5.06. The summed E-state index contributed by atoms with van der Waals surface area (Å²) in [4.78, 5) is 64.7. The van der Waals surface area contributed by atoms with Crippen LogP contribution < -0.4 is 49.1 Å². The van der Waals surface area contributed by atoms with Crippen LogP contribution in [0.1, 0.15) is 60.5 Å². The van der Waals surface area contributed by atoms with Crippen LogP contribution in [-0.4, -0.2) is 68.5 Å². The van der Waals surface area contributed by atoms with E-state index in [1.165, 1.54) is 12.1 Å². The number of alkyl halides is 6. The summed E-state index contributed by atoms with van der Waals surface area (Å²) in [6.45, 7) is 0.398. The smallest absolute Gasteiger partial charge is 0.417 e. The molecule has 0 aliphatic heterocycles. The molecule has 3 rings (SSSR count). The molecular weight excluding hydrogens is 774 g/mol. The van der Waals surface area contributed by atoms with Crippen molar-refractivity contribution in [2.45, 2.75) is 19.3 Å². The maximum absolute atomic E-state index is 14.0. The number of carbonyl (C=O) groups excluding carboxylic acids is 5. The molecular formula is C34H36F6N10O7. The molecule has 0 atom stereocenters. The van der Waals surface area contributed by atoms with E-state index in [-0.39, 0.29) is 46.3 Å². The van der Waals surface area contributed by atoms with Gasteiger partial charge in [0.2, 0.25) is 0 Å². The molecule has 0 radical (unpaired) electrons. The molecule has 23 heteroatoms. The minimum absolute atomic E-state index is 0.0833. The van der Waals surface area contributed by atoms with Gasteiger partial charge >= 0.3 is 24.3 Å². The van der Waals surface area contributed by atoms with Gasteiger partial charge in [-0.05, 0) is 55.5 Å². The number of pyridine rings is 1. The predicted octanol–water partition coefficient (Wildman–Crippen LogP) is 1.95. The van der Waals surface area contributed by atoms with Gasteiger partial charge in [-0.25, -0.2) is 16.7 Å². The average molecular weight is 811 g/mol. The predicted molar refractivity (Wildman–Crippen MR) is 191 cm³/mol. The fourth-order valence-electron chi connectivity index (χ4n) is 4.69. The normalized spacial score (nSPS) is 12.0. The van der Waals surface area contributed by atoms with Crippen molar-refractivity contribution in [3.05, 3.63) is 100 Å². The van der Waals surface area contributed by atoms with Gasteiger partial charge in [-0.3, -0.25) is 34.0 Å². The van der Waals surface area contributed by atoms with Crippen LogP contribution in [0.5, 0.6) is 0 Å². The number of benzene rings is 2. The highest BCUT2D eigenvalue weighted by Crippen LogP contribution is 2.36. The lowest BCUT2D eigenvalue weighted by Gasteiger charge is -2.20. The van der Waals surface area contributed by atoms with E-state index in [1.54, 1.807) is 6.92 Å². The summed E-state index contributed by atoms with van der Waals surface area (Å²) >= 11 is 0. The first kappa shape index (κ1) is 44.5. The standard InChI is InChI=1S/C34H36F6N10O7/c1-4-45-30(53)17-9-26(24(41)15-49(43)18-5-7-20(22(11-18)33(35,36)37)31(54)46-13-28(51)56-2)48-27(10-17)25(42)16-50(44)19-6-8-21(23(12-19)34(38,39)40)32(55)47-14-29(52)57-3/h5-12,15-16H,4,13-14,41-44H2,1-3H3,(H,45,53)(H,46,54)(H,47,55)/b24-15-,25-16-. The van der Waals surface area contributed by atoms with Crippen molar-refractivity contribution in [1.29, 1.82) is 0 Å². The van der Waals surface area contributed by atoms with Gasteiger partial charge in [0.15, 0.2) is 0 Å². The molecule has 0 aliphatic carbocycles. The van der Waals surface area contributed by atoms with Gasteiger partial charge in [0.1, 0.15) is 13.1 Å². The Balaban J connectivity index is 2.03. The number of hydrazine groups is 2. The van der Waals surface area contributed by atoms with Crippen molar-refractivity contribution < 1.29 is 59.8 Å². The van der Waals surface area contributed by atoms with Crippen molar-refractivity contribution in [3.8, 4) is 0 Å². The van der Waals surface area contributed by atoms with Crippen LogP contribution in [0, 0.1) is 0 Å². The maximum atomic E-state index is 14.0. The minimum Gasteiger partial charge on any atom is -0.468 e. The molecule has 0 unspecified atom stereocenters. The van der Waals surface area contributed by atoms with Crippen molar-refractivity contribution in [3.63, 3.8) is 0 Å². The second-order valence-electron chi connectivity index (χ2n) is 11.4. The Labute approximate surface area is 319 Å². The number of nitrogens with zero attached hydrogens (tertiary/aromatic N) is 3. The zero-order valence-corrected chi connectivity index (χ0v) is 30.2. The number of aromatic nitrogens is 1. The largest absolute Gasteiger partial charge is 0.468 e. The molecule has 1 heterocycles. The molecule has 0 spiro atoms. The molecule has 0 aliphatic rings. The number of halogens is 6. The van der Waals surface area contributed by atoms with Crippen LogP contribution in [0.4, 0.5) is 37.7 Å². The van der Waals surface area contributed by atoms with E-state index < -0.39 is 77.4 Å². The second-order valence-corrected chi connectivity index (χ2v) is 11.4. The number of methoxy groups -OCH3 is 2. The zero-order chi connectivity index (χ0) is 42.8. The highest BCUT2D eigenvalue weighted by atomic mass is 19.4. The second kappa shape index (κ2) is 18.6. The number of hydrogen-bond donors (Lipinski definition) is 7. The quantitative estimate of drug-likeness (QED) is 0.0532. The van der Waals surface area contributed by atoms with E-state index in [0.717, 1.165) is 50.9 Å². The fraction of sp³-hybridized carbons (Fsp3) is 0.235. The SMILES string of the molecule is CCNC(=O)c1cc(/C(N)=C/N(N)c2ccc(C(=O)NCC(=O)OC)c(C(F)(F)F)c2)nc(/C(N)=C/N(N)c2ccc(C(=O)NCC(=O)OC)c(C(F)(F)F)c2)c1. The Hall–Kier alpha value is -6.88. The molecule has 306 valence electrons. The lowest BCUT2D eigenvalue weighted by molar-refractivity contribution is -0.140. The molecule has 57 heavy (non-hydrogen) atoms. The topological polar surface area (TPSA) is 263 Å². The number of carbonyl (C=O) groups is 5. The monoisotopic (exact) mass is 810 g/mol. The highest BCUT2D eigenvalue weighted by molar-refractivity contribution is 5.99. The Morgan fingerprint density at radius 2 is 1.05 bits per heavy atom. The summed E-state index contributed by atoms with van der Waals surface area (Å²) in [6, 6.07) is 7.21. The lowest BCUT2D eigenvalue weighted by Crippen LogP contribution is -2.32. The van der Waals surface area contributed by atoms with Crippen LogP contribution in [0.15, 0.2) is 60.9 Å². The van der Waals surface area contributed by atoms with E-state index >= 15 is 0 Å². The van der Waals surface area contributed by atoms with E-state index in [0.29, 0.717) is 22.2 Å². The molecule has 17 nitrogen and oxygen atoms in total. The van der Waals surface area contributed by atoms with Crippen molar-refractivity contribution in [2.75, 3.05) is 43.9 Å². The molecule has 11 N–H and O–H groups in total. The van der Waals surface area contributed by atoms with Crippen LogP contribution in [0.25, 0.3) is 11.4 Å². The first-order valence-corrected chi connectivity index (χ1v) is 16.1. The lowest BCUT2D eigenvalue weighted by atomic mass is 10.0. The number of ether oxygens (including phenoxy) is 2. The molecule has 3 amide bonds. The van der Waals surface area contributed by atoms with Crippen molar-refractivity contribution >= 4 is 52.4 Å². The van der Waals surface area contributed by atoms with Gasteiger partial charge in [-0.1, -0.05) is 0 Å². The number of rotatable bonds is 14. The fourth-order valence-corrected chi connectivity index (χ4v) is 4.69. The summed E-state index contributed by atoms with van der Waals surface area (Å²) in [7, 11) is 2.05. The van der Waals surface area contributed by atoms with E-state index in [1.807, 2.05) is 10.6 Å². The summed E-state index contributed by atoms with van der Waals surface area (Å²) < 4.78 is 92.8. The van der Waals surface area contributed by atoms with Gasteiger partial charge in [0.05, 0.1) is 70.6 Å². The molecule has 1 aromatic heterocycles. The van der Waals surface area contributed by atoms with E-state index in [4.69, 9.17) is 23.2 Å². The Bertz CT molecular complexity index is 1960. The summed E-state index contributed by atoms with van der Waals surface area (Å²) in [5.74, 6) is 7.15. The van der Waals surface area contributed by atoms with Gasteiger partial charge < -0.3 is 36.9 Å². The van der Waals surface area contributed by atoms with E-state index in [2.05, 4.69) is 19.8 Å². The van der Waals surface area contributed by atoms with Crippen molar-refractivity contribution in [2.24, 2.45) is 23.2 Å². The molecule has 3 aromatic rings. The highest BCUT2D eigenvalue weighted by Gasteiger charge is 2.37. The van der Waals surface area contributed by atoms with Crippen LogP contribution in [0.3, 0.4) is 0 Å². The van der Waals surface area contributed by atoms with Crippen LogP contribution in [-0.2, 0) is 31.4 Å². The average Bonchev–Trinajstić information content (AvgIpc) is 3.17. The third kappa shape index (κ3) is 11.8. The number of nitrogens with one attached hydrogen (secondary N) is 3. The Morgan fingerprint density at radius 1 is 0.667 bits per heavy atom. The maximum Gasteiger partial charge on any atom is 0.417 e. The van der Waals surface area contributed by atoms with E-state index in [9.17, 15) is 50.3 Å². The molecule has 0 bridgehead atoms. The van der Waals surface area contributed by atoms with Gasteiger partial charge in [0.25, 0.3) is 17.7 Å². The molecule has 0 saturated heterocycles. The van der Waals surface area contributed by atoms with Crippen molar-refractivity contribution in [1.82, 2.24) is 20.9 Å². The van der Waals surface area contributed by atoms with Crippen LogP contribution in [0.2, 0.25) is 0 Å². The number of hydrogen-bond acceptors (Lipinski definition) is 14. The Kier molecular flexibility index (Phi) is 14.6. The Morgan fingerprint density at radius 3 is 1.39 bits per heavy atom. The van der Waals surface area contributed by atoms with Gasteiger partial charge in [-0.2, -0.15) is 26.3 Å². The number of nitrogens with two attached hydrogens (primary N) is 4. The summed E-state index contributed by atoms with van der Waals surface area (Å²) in [6.07, 6.45) is -8.23. The summed E-state index contributed by atoms with van der Waals surface area (Å²) in [5.41, 5.74) is 6.19.